The molecule has 5 saturated heterocycles. The van der Waals surface area contributed by atoms with Crippen LogP contribution in [0, 0.1) is 16.5 Å². The summed E-state index contributed by atoms with van der Waals surface area (Å²) in [6, 6.07) is 18.0. The number of piperidine rings is 5. The second kappa shape index (κ2) is 49.7. The number of aromatic nitrogens is 15. The van der Waals surface area contributed by atoms with Crippen LogP contribution in [0.15, 0.2) is 86.8 Å². The van der Waals surface area contributed by atoms with E-state index >= 15 is 0 Å². The molecule has 0 unspecified atom stereocenters. The van der Waals surface area contributed by atoms with Gasteiger partial charge in [-0.05, 0) is 250 Å². The Hall–Kier alpha value is -9.79. The molecule has 15 N–H and O–H groups in total. The van der Waals surface area contributed by atoms with Crippen LogP contribution in [0.2, 0.25) is 0 Å². The first-order valence-corrected chi connectivity index (χ1v) is 44.0. The first-order valence-electron chi connectivity index (χ1n) is 42.9. The van der Waals surface area contributed by atoms with Crippen LogP contribution in [-0.2, 0) is 33.4 Å². The Kier molecular flexibility index (Phi) is 41.3. The fraction of sp³-hybridized carbons (Fsp3) is 0.517. The predicted molar refractivity (Wildman–Crippen MR) is 501 cm³/mol. The van der Waals surface area contributed by atoms with Gasteiger partial charge in [0.2, 0.25) is 0 Å². The number of amides is 4. The van der Waals surface area contributed by atoms with E-state index in [2.05, 4.69) is 89.7 Å². The Morgan fingerprint density at radius 2 is 0.779 bits per heavy atom. The number of nitrogens with one attached hydrogen (secondary N) is 1. The first-order chi connectivity index (χ1) is 62.5. The van der Waals surface area contributed by atoms with E-state index in [4.69, 9.17) is 96.8 Å². The molecule has 5 aliphatic heterocycles. The van der Waals surface area contributed by atoms with E-state index in [-0.39, 0.29) is 190 Å². The van der Waals surface area contributed by atoms with Gasteiger partial charge in [-0.1, -0.05) is 20.4 Å². The van der Waals surface area contributed by atoms with Gasteiger partial charge in [-0.25, -0.2) is 67.9 Å². The molecule has 3 aromatic carbocycles. The second-order valence-electron chi connectivity index (χ2n) is 35.9. The number of hydrogen-bond acceptors (Lipinski definition) is 35. The molecule has 17 rings (SSSR count). The number of carboxylic acid groups (broad SMARTS) is 1. The number of benzene rings is 3. The van der Waals surface area contributed by atoms with Crippen molar-refractivity contribution >= 4 is 161 Å². The molecular weight excluding hydrogens is 1940 g/mol. The molecule has 4 amide bonds. The fourth-order valence-corrected chi connectivity index (χ4v) is 15.3. The van der Waals surface area contributed by atoms with Gasteiger partial charge in [0.05, 0.1) is 40.4 Å². The third kappa shape index (κ3) is 32.1. The maximum absolute atomic E-state index is 12.4. The summed E-state index contributed by atoms with van der Waals surface area (Å²) in [6.07, 6.45) is 6.60. The normalized spacial score (nSPS) is 15.3. The summed E-state index contributed by atoms with van der Waals surface area (Å²) >= 11 is 2.15. The largest absolute Gasteiger partial charge is 1.00 e. The smallest absolute Gasteiger partial charge is 1.00 e. The monoisotopic (exact) mass is 2060 g/mol. The van der Waals surface area contributed by atoms with Crippen LogP contribution in [0.25, 0.3) is 88.9 Å². The molecular formula is C87H120F3IK2N26O17. The van der Waals surface area contributed by atoms with E-state index < -0.39 is 28.9 Å². The van der Waals surface area contributed by atoms with Crippen molar-refractivity contribution in [2.75, 3.05) is 99.8 Å². The Morgan fingerprint density at radius 3 is 1.11 bits per heavy atom. The summed E-state index contributed by atoms with van der Waals surface area (Å²) in [4.78, 5) is 113. The number of alkyl halides is 3. The first kappa shape index (κ1) is 113. The molecule has 5 fully saturated rings. The summed E-state index contributed by atoms with van der Waals surface area (Å²) in [7, 11) is 0. The number of carbonyl (C=O) groups excluding carboxylic acids is 5. The number of oxazole rings is 3. The third-order valence-corrected chi connectivity index (χ3v) is 21.6. The molecule has 12 aromatic rings. The van der Waals surface area contributed by atoms with Crippen molar-refractivity contribution in [3.05, 3.63) is 82.8 Å². The van der Waals surface area contributed by atoms with Crippen molar-refractivity contribution in [2.24, 2.45) is 5.92 Å². The van der Waals surface area contributed by atoms with Crippen molar-refractivity contribution in [2.45, 2.75) is 221 Å². The molecule has 136 heavy (non-hydrogen) atoms. The van der Waals surface area contributed by atoms with Crippen LogP contribution in [0.4, 0.5) is 67.8 Å². The van der Waals surface area contributed by atoms with Crippen molar-refractivity contribution in [3.63, 3.8) is 0 Å². The second-order valence-corrected chi connectivity index (χ2v) is 36.9. The molecule has 0 radical (unpaired) electrons. The molecule has 730 valence electrons. The van der Waals surface area contributed by atoms with Gasteiger partial charge < -0.3 is 113 Å². The van der Waals surface area contributed by atoms with Crippen molar-refractivity contribution in [1.29, 1.82) is 0 Å². The zero-order valence-corrected chi connectivity index (χ0v) is 86.9. The molecule has 43 nitrogen and oxygen atoms in total. The molecule has 0 aliphatic carbocycles. The van der Waals surface area contributed by atoms with Crippen LogP contribution >= 0.6 is 22.6 Å². The SMILES string of the molecule is C.CC(C)(C)OC(=O)N1CCC(O)CC1.CC(C)(C)OC(=O)N1CCC(n2nc(-c3ccc4oc(N)nc4c3)c3c(N)ncnc32)CC1.CC(C)(C)OC(=O)N1CCC(n2nc(I)c3c(N)ncnc32)CC1.CC1CCN(C(=O)OC(C)(C)C)CC1.Cc1ccc2oc(N)nc2c1.Nc1nc2cc(-c3nn(C4CCNCC4)c4ncnc(N)c34)ccc2o1.O=C(O)C(F)(F)F.O=CO[O-].[H-].[K+].[K+]. The molecule has 0 spiro atoms. The zero-order chi connectivity index (χ0) is 97.4. The number of carbonyl (C=O) groups is 6. The Morgan fingerprint density at radius 1 is 0.485 bits per heavy atom. The number of hydrogen-bond donors (Lipinski definition) is 9. The molecule has 49 heteroatoms. The van der Waals surface area contributed by atoms with Crippen LogP contribution in [0.5, 0.6) is 0 Å². The predicted octanol–water partition coefficient (Wildman–Crippen LogP) is 7.25. The van der Waals surface area contributed by atoms with E-state index in [9.17, 15) is 37.5 Å². The number of ether oxygens (including phenoxy) is 4. The quantitative estimate of drug-likeness (QED) is 0.0197. The standard InChI is InChI=1S/C22H26N8O3.C17H18N8O.C15H21IN6O2.C11H21NO2.C10H19NO3.C8H8N2O.C2HF3O2.CH2O3.CH4.2K.H/c1-22(2,3)33-21(31)29-8-6-13(7-9-29)30-19-16(18(23)25-11-26-19)17(28-30)12-4-5-15-14(10-12)27-20(24)32-15;18-15-13-14(9-1-2-12-11(7-9)23-17(19)26-12)24-25(16(13)22-8-21-15)10-3-5-20-6-4-10;1-15(2,3)24-14(23)21-6-4-9(5-7-21)22-13-10(11(16)20-22)12(17)18-8-19-13;1-9-5-7-12(8-6-9)10(13)14-11(2,3)4;1-10(2,3)14-9(13)11-6-4-8(12)5-7-11;1-5-2-3-7-6(4-5)10-8(9)11-7;3-2(4,5)1(6)7;2-1-4-3;;;;/h4-5,10-11,13H,6-9H2,1-3H3,(H2,24,27)(H2,23,25,26);1-2,7-8,10,20H,3-6H2,(H2,19,23)(H2,18,21,22);8-9H,4-7H2,1-3H3,(H2,17,18,19);9H,5-8H2,1-4H3;8,12H,4-7H2,1-3H3;2-4H,1H3,(H2,9,10);(H,6,7);1,3H;1H4;;;/q;;;;;;;;;2*+1;-1/p-1. The zero-order valence-electron chi connectivity index (χ0n) is 79.5. The minimum absolute atomic E-state index is 0. The van der Waals surface area contributed by atoms with Gasteiger partial charge in [0.1, 0.15) is 90.5 Å². The number of nitrogen functional groups attached to an aromatic ring is 6. The van der Waals surface area contributed by atoms with Gasteiger partial charge in [0, 0.05) is 63.5 Å². The van der Waals surface area contributed by atoms with Crippen molar-refractivity contribution in [3.8, 4) is 22.5 Å². The number of nitrogens with zero attached hydrogens (tertiary/aromatic N) is 19. The summed E-state index contributed by atoms with van der Waals surface area (Å²) < 4.78 is 75.6. The van der Waals surface area contributed by atoms with Gasteiger partial charge >= 0.3 is 139 Å². The Bertz CT molecular complexity index is 5950. The fourth-order valence-electron chi connectivity index (χ4n) is 14.5. The van der Waals surface area contributed by atoms with E-state index in [0.717, 1.165) is 143 Å². The van der Waals surface area contributed by atoms with Gasteiger partial charge in [0.25, 0.3) is 24.5 Å². The van der Waals surface area contributed by atoms with Crippen LogP contribution in [0.3, 0.4) is 0 Å². The summed E-state index contributed by atoms with van der Waals surface area (Å²) in [5.41, 5.74) is 43.8. The number of anilines is 6. The number of aryl methyl sites for hydroxylation is 1. The van der Waals surface area contributed by atoms with E-state index in [0.29, 0.717) is 108 Å². The Labute approximate surface area is 882 Å². The molecule has 0 atom stereocenters. The number of nitrogens with two attached hydrogens (primary N) is 6. The number of halogens is 4. The van der Waals surface area contributed by atoms with E-state index in [1.54, 1.807) is 20.8 Å². The van der Waals surface area contributed by atoms with Crippen LogP contribution in [0.1, 0.15) is 187 Å². The number of likely N-dealkylation sites (tertiary alicyclic amines) is 4. The number of aliphatic hydroxyl groups is 1. The van der Waals surface area contributed by atoms with Gasteiger partial charge in [-0.15, -0.1) is 0 Å². The summed E-state index contributed by atoms with van der Waals surface area (Å²) in [5, 5.41) is 44.8. The van der Waals surface area contributed by atoms with Gasteiger partial charge in [-0.3, -0.25) is 4.79 Å². The summed E-state index contributed by atoms with van der Waals surface area (Å²) in [6.45, 7) is 33.7. The molecule has 9 aromatic heterocycles. The van der Waals surface area contributed by atoms with Crippen LogP contribution < -0.4 is 148 Å². The van der Waals surface area contributed by atoms with Crippen molar-refractivity contribution < 1.29 is 199 Å². The van der Waals surface area contributed by atoms with E-state index in [1.807, 2.05) is 157 Å². The van der Waals surface area contributed by atoms with E-state index in [1.165, 1.54) is 19.0 Å². The molecule has 0 saturated carbocycles. The maximum atomic E-state index is 12.4. The summed E-state index contributed by atoms with van der Waals surface area (Å²) in [5.74, 6) is -0.791. The molecule has 5 aliphatic rings. The minimum Gasteiger partial charge on any atom is -1.00 e. The van der Waals surface area contributed by atoms with Crippen LogP contribution in [-0.4, -0.2) is 241 Å². The number of rotatable bonds is 6. The number of aliphatic carboxylic acids is 1. The molecule has 14 heterocycles. The minimum atomic E-state index is -5.08. The average Bonchev–Trinajstić information content (AvgIpc) is 1.60. The average molecular weight is 2060 g/mol. The number of fused-ring (bicyclic) bond motifs is 6. The maximum Gasteiger partial charge on any atom is 1.00 e. The third-order valence-electron chi connectivity index (χ3n) is 20.8. The van der Waals surface area contributed by atoms with Gasteiger partial charge in [0.15, 0.2) is 33.7 Å². The number of aliphatic hydroxyl groups excluding tert-OH is 1. The topological polar surface area (TPSA) is 602 Å². The van der Waals surface area contributed by atoms with Crippen molar-refractivity contribution in [1.82, 2.24) is 99.1 Å². The molecule has 0 bridgehead atoms. The Balaban J connectivity index is 0.000000253. The number of carboxylic acids is 1. The van der Waals surface area contributed by atoms with Gasteiger partial charge in [-0.2, -0.15) is 43.4 Å².